The third kappa shape index (κ3) is 1.09. The number of rotatable bonds is 0. The Labute approximate surface area is 116 Å². The van der Waals surface area contributed by atoms with Crippen LogP contribution < -0.4 is 0 Å². The van der Waals surface area contributed by atoms with Crippen molar-refractivity contribution in [1.82, 2.24) is 0 Å². The largest absolute Gasteiger partial charge is 0.455 e. The zero-order valence-electron chi connectivity index (χ0n) is 11.1. The van der Waals surface area contributed by atoms with Gasteiger partial charge in [0.05, 0.1) is 0 Å². The summed E-state index contributed by atoms with van der Waals surface area (Å²) in [6.07, 6.45) is 0. The molecule has 3 aromatic carbocycles. The molecule has 1 heterocycles. The fourth-order valence-electron chi connectivity index (χ4n) is 3.41. The van der Waals surface area contributed by atoms with Gasteiger partial charge in [-0.2, -0.15) is 0 Å². The van der Waals surface area contributed by atoms with Crippen molar-refractivity contribution in [2.45, 2.75) is 6.92 Å². The standard InChI is InChI=1S/C19H12O/c1-11-8-9-16-15(10-11)18-13-6-2-4-12-5-3-7-14(17(12)13)19(18)20-16/h2-10H,1H3. The van der Waals surface area contributed by atoms with Gasteiger partial charge < -0.3 is 4.42 Å². The Hall–Kier alpha value is -2.54. The van der Waals surface area contributed by atoms with Crippen molar-refractivity contribution in [2.75, 3.05) is 0 Å². The van der Waals surface area contributed by atoms with Crippen LogP contribution in [0.2, 0.25) is 0 Å². The molecule has 0 spiro atoms. The van der Waals surface area contributed by atoms with Crippen molar-refractivity contribution >= 4 is 21.7 Å². The number of furan rings is 1. The third-order valence-electron chi connectivity index (χ3n) is 4.26. The Morgan fingerprint density at radius 3 is 2.50 bits per heavy atom. The minimum absolute atomic E-state index is 0.979. The summed E-state index contributed by atoms with van der Waals surface area (Å²) in [5.41, 5.74) is 6.03. The molecule has 0 unspecified atom stereocenters. The molecule has 0 atom stereocenters. The molecule has 0 saturated carbocycles. The molecular weight excluding hydrogens is 244 g/mol. The maximum Gasteiger partial charge on any atom is 0.143 e. The maximum absolute atomic E-state index is 6.14. The maximum atomic E-state index is 6.14. The van der Waals surface area contributed by atoms with Crippen LogP contribution in [0.5, 0.6) is 0 Å². The molecule has 0 aliphatic heterocycles. The summed E-state index contributed by atoms with van der Waals surface area (Å²) < 4.78 is 6.14. The smallest absolute Gasteiger partial charge is 0.143 e. The van der Waals surface area contributed by atoms with Gasteiger partial charge in [-0.05, 0) is 30.0 Å². The second-order valence-electron chi connectivity index (χ2n) is 5.52. The zero-order valence-corrected chi connectivity index (χ0v) is 11.1. The van der Waals surface area contributed by atoms with Gasteiger partial charge in [-0.25, -0.2) is 0 Å². The Kier molecular flexibility index (Phi) is 1.70. The van der Waals surface area contributed by atoms with Crippen LogP contribution in [0, 0.1) is 6.92 Å². The van der Waals surface area contributed by atoms with Gasteiger partial charge in [0.15, 0.2) is 0 Å². The summed E-state index contributed by atoms with van der Waals surface area (Å²) >= 11 is 0. The number of fused-ring (bicyclic) bond motifs is 5. The average Bonchev–Trinajstić information content (AvgIpc) is 2.98. The first-order valence-electron chi connectivity index (χ1n) is 6.88. The summed E-state index contributed by atoms with van der Waals surface area (Å²) in [5.74, 6) is 1.03. The monoisotopic (exact) mass is 256 g/mol. The topological polar surface area (TPSA) is 13.1 Å². The molecule has 94 valence electrons. The van der Waals surface area contributed by atoms with E-state index in [2.05, 4.69) is 61.5 Å². The first kappa shape index (κ1) is 10.3. The predicted molar refractivity (Wildman–Crippen MR) is 82.9 cm³/mol. The molecule has 1 aliphatic rings. The summed E-state index contributed by atoms with van der Waals surface area (Å²) in [4.78, 5) is 0. The first-order valence-corrected chi connectivity index (χ1v) is 6.88. The van der Waals surface area contributed by atoms with Crippen LogP contribution in [0.4, 0.5) is 0 Å². The molecule has 0 N–H and O–H groups in total. The van der Waals surface area contributed by atoms with E-state index < -0.39 is 0 Å². The van der Waals surface area contributed by atoms with E-state index in [4.69, 9.17) is 4.42 Å². The van der Waals surface area contributed by atoms with E-state index in [1.807, 2.05) is 0 Å². The molecule has 1 heteroatoms. The summed E-state index contributed by atoms with van der Waals surface area (Å²) in [7, 11) is 0. The molecule has 0 radical (unpaired) electrons. The highest BCUT2D eigenvalue weighted by atomic mass is 16.3. The minimum atomic E-state index is 0.979. The van der Waals surface area contributed by atoms with E-state index >= 15 is 0 Å². The molecule has 0 bridgehead atoms. The van der Waals surface area contributed by atoms with Gasteiger partial charge in [0, 0.05) is 21.9 Å². The van der Waals surface area contributed by atoms with Gasteiger partial charge >= 0.3 is 0 Å². The van der Waals surface area contributed by atoms with Crippen molar-refractivity contribution < 1.29 is 4.42 Å². The molecule has 1 aliphatic carbocycles. The number of hydrogen-bond donors (Lipinski definition) is 0. The van der Waals surface area contributed by atoms with E-state index in [9.17, 15) is 0 Å². The van der Waals surface area contributed by atoms with Gasteiger partial charge in [-0.15, -0.1) is 0 Å². The highest BCUT2D eigenvalue weighted by Crippen LogP contribution is 2.51. The lowest BCUT2D eigenvalue weighted by atomic mass is 10.0. The van der Waals surface area contributed by atoms with Gasteiger partial charge in [0.2, 0.25) is 0 Å². The SMILES string of the molecule is Cc1ccc2oc3c(c2c1)-c1cccc2cccc-3c12. The van der Waals surface area contributed by atoms with Crippen LogP contribution in [-0.4, -0.2) is 0 Å². The highest BCUT2D eigenvalue weighted by molar-refractivity contribution is 6.19. The lowest BCUT2D eigenvalue weighted by Gasteiger charge is -2.02. The van der Waals surface area contributed by atoms with Crippen molar-refractivity contribution in [3.63, 3.8) is 0 Å². The Balaban J connectivity index is 2.05. The molecule has 20 heavy (non-hydrogen) atoms. The van der Waals surface area contributed by atoms with Crippen LogP contribution in [0.15, 0.2) is 59.0 Å². The molecular formula is C19H12O. The summed E-state index contributed by atoms with van der Waals surface area (Å²) in [5, 5.41) is 3.84. The summed E-state index contributed by atoms with van der Waals surface area (Å²) in [6, 6.07) is 19.3. The fourth-order valence-corrected chi connectivity index (χ4v) is 3.41. The van der Waals surface area contributed by atoms with Crippen LogP contribution >= 0.6 is 0 Å². The van der Waals surface area contributed by atoms with Gasteiger partial charge in [0.25, 0.3) is 0 Å². The van der Waals surface area contributed by atoms with Crippen LogP contribution in [0.3, 0.4) is 0 Å². The average molecular weight is 256 g/mol. The zero-order chi connectivity index (χ0) is 13.3. The van der Waals surface area contributed by atoms with E-state index in [0.29, 0.717) is 0 Å². The number of hydrogen-bond acceptors (Lipinski definition) is 1. The Bertz CT molecular complexity index is 1000. The van der Waals surface area contributed by atoms with Gasteiger partial charge in [0.1, 0.15) is 11.3 Å². The predicted octanol–water partition coefficient (Wildman–Crippen LogP) is 5.54. The second kappa shape index (κ2) is 3.31. The van der Waals surface area contributed by atoms with E-state index in [1.54, 1.807) is 0 Å². The lowest BCUT2D eigenvalue weighted by Crippen LogP contribution is -1.77. The highest BCUT2D eigenvalue weighted by Gasteiger charge is 2.27. The fraction of sp³-hybridized carbons (Fsp3) is 0.0526. The second-order valence-corrected chi connectivity index (χ2v) is 5.52. The van der Waals surface area contributed by atoms with Gasteiger partial charge in [-0.3, -0.25) is 0 Å². The molecule has 1 nitrogen and oxygen atoms in total. The van der Waals surface area contributed by atoms with Gasteiger partial charge in [-0.1, -0.05) is 48.0 Å². The van der Waals surface area contributed by atoms with Crippen molar-refractivity contribution in [3.05, 3.63) is 60.2 Å². The van der Waals surface area contributed by atoms with Crippen LogP contribution in [-0.2, 0) is 0 Å². The lowest BCUT2D eigenvalue weighted by molar-refractivity contribution is 0.634. The Morgan fingerprint density at radius 2 is 1.65 bits per heavy atom. The number of benzene rings is 3. The van der Waals surface area contributed by atoms with Crippen LogP contribution in [0.25, 0.3) is 44.2 Å². The number of aryl methyl sites for hydroxylation is 1. The third-order valence-corrected chi connectivity index (χ3v) is 4.26. The van der Waals surface area contributed by atoms with Crippen LogP contribution in [0.1, 0.15) is 5.56 Å². The molecule has 0 saturated heterocycles. The summed E-state index contributed by atoms with van der Waals surface area (Å²) in [6.45, 7) is 2.13. The molecule has 1 aromatic heterocycles. The van der Waals surface area contributed by atoms with Crippen molar-refractivity contribution in [1.29, 1.82) is 0 Å². The van der Waals surface area contributed by atoms with E-state index in [-0.39, 0.29) is 0 Å². The normalized spacial score (nSPS) is 12.2. The first-order chi connectivity index (χ1) is 9.83. The Morgan fingerprint density at radius 1 is 0.850 bits per heavy atom. The minimum Gasteiger partial charge on any atom is -0.455 e. The quantitative estimate of drug-likeness (QED) is 0.354. The molecule has 0 amide bonds. The van der Waals surface area contributed by atoms with Crippen molar-refractivity contribution in [3.8, 4) is 22.5 Å². The van der Waals surface area contributed by atoms with Crippen molar-refractivity contribution in [2.24, 2.45) is 0 Å². The molecule has 5 rings (SSSR count). The molecule has 0 fully saturated rings. The molecule has 4 aromatic rings. The van der Waals surface area contributed by atoms with E-state index in [0.717, 1.165) is 11.3 Å². The van der Waals surface area contributed by atoms with E-state index in [1.165, 1.54) is 38.4 Å².